The van der Waals surface area contributed by atoms with Gasteiger partial charge in [0.15, 0.2) is 0 Å². The van der Waals surface area contributed by atoms with Crippen LogP contribution in [0.1, 0.15) is 25.3 Å². The third kappa shape index (κ3) is 11.4. The summed E-state index contributed by atoms with van der Waals surface area (Å²) in [5.41, 5.74) is 1.14. The average Bonchev–Trinajstić information content (AvgIpc) is 3.23. The second-order valence-corrected chi connectivity index (χ2v) is 8.45. The van der Waals surface area contributed by atoms with Gasteiger partial charge in [-0.05, 0) is 31.5 Å². The SMILES string of the molecule is CC(=O)NCC(=O)N1C[C@@H](N(C)Cc2cccnc2)[C@H]2OCCC[C@H]21.O=C(O)C(F)(F)F.O=C(O)C(F)(F)F. The highest BCUT2D eigenvalue weighted by atomic mass is 19.4. The predicted octanol–water partition coefficient (Wildman–Crippen LogP) is 1.67. The van der Waals surface area contributed by atoms with E-state index in [2.05, 4.69) is 28.3 Å². The quantitative estimate of drug-likeness (QED) is 0.447. The summed E-state index contributed by atoms with van der Waals surface area (Å²) < 4.78 is 69.5. The Morgan fingerprint density at radius 1 is 1.13 bits per heavy atom. The van der Waals surface area contributed by atoms with Crippen LogP contribution in [0.2, 0.25) is 0 Å². The van der Waals surface area contributed by atoms with Crippen molar-refractivity contribution < 1.29 is 60.5 Å². The van der Waals surface area contributed by atoms with Gasteiger partial charge in [-0.1, -0.05) is 6.07 Å². The van der Waals surface area contributed by atoms with Crippen LogP contribution in [0.3, 0.4) is 0 Å². The van der Waals surface area contributed by atoms with Crippen LogP contribution in [0.5, 0.6) is 0 Å². The van der Waals surface area contributed by atoms with Crippen molar-refractivity contribution in [1.29, 1.82) is 0 Å². The first-order valence-corrected chi connectivity index (χ1v) is 11.3. The van der Waals surface area contributed by atoms with Gasteiger partial charge in [0.25, 0.3) is 0 Å². The minimum absolute atomic E-state index is 0.0247. The van der Waals surface area contributed by atoms with Gasteiger partial charge in [0, 0.05) is 39.0 Å². The number of carbonyl (C=O) groups excluding carboxylic acids is 2. The Labute approximate surface area is 218 Å². The van der Waals surface area contributed by atoms with E-state index in [4.69, 9.17) is 24.5 Å². The number of hydrogen-bond acceptors (Lipinski definition) is 7. The topological polar surface area (TPSA) is 149 Å². The molecule has 1 aromatic heterocycles. The van der Waals surface area contributed by atoms with Crippen molar-refractivity contribution in [1.82, 2.24) is 20.1 Å². The number of amides is 2. The van der Waals surface area contributed by atoms with Crippen LogP contribution in [-0.2, 0) is 30.5 Å². The number of likely N-dealkylation sites (tertiary alicyclic amines) is 1. The molecule has 2 fully saturated rings. The number of nitrogens with one attached hydrogen (secondary N) is 1. The Morgan fingerprint density at radius 3 is 2.15 bits per heavy atom. The van der Waals surface area contributed by atoms with Crippen LogP contribution < -0.4 is 5.32 Å². The lowest BCUT2D eigenvalue weighted by atomic mass is 10.00. The Kier molecular flexibility index (Phi) is 12.6. The summed E-state index contributed by atoms with van der Waals surface area (Å²) in [7, 11) is 2.06. The van der Waals surface area contributed by atoms with Gasteiger partial charge in [-0.3, -0.25) is 19.5 Å². The zero-order valence-electron chi connectivity index (χ0n) is 20.8. The molecule has 220 valence electrons. The Bertz CT molecular complexity index is 954. The first-order valence-electron chi connectivity index (χ1n) is 11.3. The van der Waals surface area contributed by atoms with Gasteiger partial charge < -0.3 is 25.2 Å². The number of likely N-dealkylation sites (N-methyl/N-ethyl adjacent to an activating group) is 1. The molecule has 0 aliphatic carbocycles. The third-order valence-electron chi connectivity index (χ3n) is 5.51. The minimum Gasteiger partial charge on any atom is -0.475 e. The van der Waals surface area contributed by atoms with E-state index >= 15 is 0 Å². The molecule has 3 rings (SSSR count). The molecule has 0 saturated carbocycles. The van der Waals surface area contributed by atoms with Crippen molar-refractivity contribution in [2.24, 2.45) is 0 Å². The molecule has 0 spiro atoms. The molecule has 3 atom stereocenters. The van der Waals surface area contributed by atoms with Gasteiger partial charge >= 0.3 is 24.3 Å². The molecule has 2 amide bonds. The molecule has 1 aromatic rings. The van der Waals surface area contributed by atoms with Gasteiger partial charge in [0.1, 0.15) is 0 Å². The van der Waals surface area contributed by atoms with E-state index < -0.39 is 24.3 Å². The number of nitrogens with zero attached hydrogens (tertiary/aromatic N) is 3. The summed E-state index contributed by atoms with van der Waals surface area (Å²) >= 11 is 0. The van der Waals surface area contributed by atoms with Gasteiger partial charge in [-0.15, -0.1) is 0 Å². The van der Waals surface area contributed by atoms with E-state index in [1.807, 2.05) is 17.2 Å². The number of carboxylic acids is 2. The van der Waals surface area contributed by atoms with E-state index in [-0.39, 0.29) is 36.5 Å². The number of alkyl halides is 6. The number of carboxylic acid groups (broad SMARTS) is 2. The highest BCUT2D eigenvalue weighted by Gasteiger charge is 2.47. The lowest BCUT2D eigenvalue weighted by Gasteiger charge is -2.34. The lowest BCUT2D eigenvalue weighted by molar-refractivity contribution is -0.193. The summed E-state index contributed by atoms with van der Waals surface area (Å²) in [6.07, 6.45) is -4.60. The van der Waals surface area contributed by atoms with E-state index in [1.54, 1.807) is 6.20 Å². The van der Waals surface area contributed by atoms with E-state index in [1.165, 1.54) is 6.92 Å². The highest BCUT2D eigenvalue weighted by molar-refractivity contribution is 5.84. The molecule has 17 heteroatoms. The zero-order valence-corrected chi connectivity index (χ0v) is 20.8. The first-order chi connectivity index (χ1) is 17.9. The maximum Gasteiger partial charge on any atom is 0.490 e. The van der Waals surface area contributed by atoms with E-state index in [9.17, 15) is 35.9 Å². The number of fused-ring (bicyclic) bond motifs is 1. The average molecular weight is 574 g/mol. The van der Waals surface area contributed by atoms with Gasteiger partial charge in [0.05, 0.1) is 24.7 Å². The molecule has 3 N–H and O–H groups in total. The lowest BCUT2D eigenvalue weighted by Crippen LogP contribution is -2.47. The van der Waals surface area contributed by atoms with E-state index in [0.29, 0.717) is 6.54 Å². The number of pyridine rings is 1. The summed E-state index contributed by atoms with van der Waals surface area (Å²) in [4.78, 5) is 49.8. The molecule has 2 aliphatic heterocycles. The van der Waals surface area contributed by atoms with Crippen LogP contribution in [0, 0.1) is 0 Å². The van der Waals surface area contributed by atoms with Gasteiger partial charge in [0.2, 0.25) is 11.8 Å². The monoisotopic (exact) mass is 574 g/mol. The Balaban J connectivity index is 0.000000449. The smallest absolute Gasteiger partial charge is 0.475 e. The van der Waals surface area contributed by atoms with Crippen LogP contribution in [0.25, 0.3) is 0 Å². The molecule has 39 heavy (non-hydrogen) atoms. The van der Waals surface area contributed by atoms with E-state index in [0.717, 1.165) is 31.6 Å². The molecule has 0 radical (unpaired) electrons. The van der Waals surface area contributed by atoms with Crippen LogP contribution in [0.4, 0.5) is 26.3 Å². The standard InChI is InChI=1S/C18H26N4O3.2C2HF3O2/c1-13(23)20-10-17(24)22-12-16(18-15(22)6-4-8-25-18)21(2)11-14-5-3-7-19-9-14;2*3-2(4,5)1(6)7/h3,5,7,9,15-16,18H,4,6,8,10-12H2,1-2H3,(H,20,23);2*(H,6,7)/t15-,16-,18+;;/m1../s1. The fourth-order valence-corrected chi connectivity index (χ4v) is 3.80. The largest absolute Gasteiger partial charge is 0.490 e. The molecule has 3 heterocycles. The van der Waals surface area contributed by atoms with Crippen LogP contribution >= 0.6 is 0 Å². The number of aliphatic carboxylic acids is 2. The second kappa shape index (κ2) is 14.6. The van der Waals surface area contributed by atoms with Gasteiger partial charge in [-0.2, -0.15) is 26.3 Å². The molecular weight excluding hydrogens is 546 g/mol. The number of carbonyl (C=O) groups is 4. The number of halogens is 6. The highest BCUT2D eigenvalue weighted by Crippen LogP contribution is 2.31. The normalized spacial score (nSPS) is 20.5. The van der Waals surface area contributed by atoms with Gasteiger partial charge in [-0.25, -0.2) is 9.59 Å². The predicted molar refractivity (Wildman–Crippen MR) is 120 cm³/mol. The molecule has 0 unspecified atom stereocenters. The van der Waals surface area contributed by atoms with Crippen LogP contribution in [0.15, 0.2) is 24.5 Å². The minimum atomic E-state index is -5.08. The maximum atomic E-state index is 12.6. The molecule has 2 aliphatic rings. The van der Waals surface area contributed by atoms with Crippen molar-refractivity contribution in [2.75, 3.05) is 26.7 Å². The molecule has 0 bridgehead atoms. The molecular formula is C22H28F6N4O7. The van der Waals surface area contributed by atoms with Crippen molar-refractivity contribution in [3.8, 4) is 0 Å². The summed E-state index contributed by atoms with van der Waals surface area (Å²) in [5, 5.41) is 16.9. The molecule has 0 aromatic carbocycles. The van der Waals surface area contributed by atoms with Crippen LogP contribution in [-0.4, -0.2) is 106 Å². The Hall–Kier alpha value is -3.47. The number of ether oxygens (including phenoxy) is 1. The molecule has 11 nitrogen and oxygen atoms in total. The number of hydrogen-bond donors (Lipinski definition) is 3. The zero-order chi connectivity index (χ0) is 30.0. The first kappa shape index (κ1) is 33.6. The van der Waals surface area contributed by atoms with Crippen molar-refractivity contribution in [3.63, 3.8) is 0 Å². The maximum absolute atomic E-state index is 12.6. The van der Waals surface area contributed by atoms with Crippen molar-refractivity contribution in [3.05, 3.63) is 30.1 Å². The third-order valence-corrected chi connectivity index (χ3v) is 5.51. The molecule has 2 saturated heterocycles. The summed E-state index contributed by atoms with van der Waals surface area (Å²) in [5.74, 6) is -5.73. The number of aromatic nitrogens is 1. The summed E-state index contributed by atoms with van der Waals surface area (Å²) in [6.45, 7) is 3.61. The fraction of sp³-hybridized carbons (Fsp3) is 0.591. The summed E-state index contributed by atoms with van der Waals surface area (Å²) in [6, 6.07) is 4.22. The van der Waals surface area contributed by atoms with Crippen molar-refractivity contribution in [2.45, 2.75) is 56.9 Å². The van der Waals surface area contributed by atoms with Crippen molar-refractivity contribution >= 4 is 23.8 Å². The Morgan fingerprint density at radius 2 is 1.69 bits per heavy atom. The number of rotatable bonds is 5. The second-order valence-electron chi connectivity index (χ2n) is 8.45. The fourth-order valence-electron chi connectivity index (χ4n) is 3.80.